The van der Waals surface area contributed by atoms with E-state index in [1.807, 2.05) is 48.5 Å². The Kier molecular flexibility index (Phi) is 35.5. The van der Waals surface area contributed by atoms with Crippen molar-refractivity contribution in [2.24, 2.45) is 5.41 Å². The first-order chi connectivity index (χ1) is 47.0. The summed E-state index contributed by atoms with van der Waals surface area (Å²) >= 11 is 0. The molecule has 17 heteroatoms. The van der Waals surface area contributed by atoms with Crippen LogP contribution in [0.2, 0.25) is 0 Å². The van der Waals surface area contributed by atoms with Crippen LogP contribution >= 0.6 is 0 Å². The number of carbonyl (C=O) groups is 4. The normalized spacial score (nSPS) is 12.5. The number of hydrogen-bond donors (Lipinski definition) is 13. The number of aliphatic carboxylic acids is 4. The fraction of sp³-hybridized carbons (Fsp3) is 0.614. The molecule has 0 aromatic heterocycles. The van der Waals surface area contributed by atoms with Crippen LogP contribution in [0.4, 0.5) is 0 Å². The standard InChI is InChI=1S/4C17H26O3.C15H24O.C5H12O4/c4*1-16(2,3)12-9-11(7-8-14(18)19)10-13(15(12)20)17(4,5)6;1-10-8-11(14(2,3)4)13(16)12(9-10)15(5,6)7;6-1-5(2-7,3-8)4-9/h4*9-10,20H,7-8H2,1-6H3,(H,18,19);8-9,16H,1-7H3;6-9H,1-4H2. The van der Waals surface area contributed by atoms with Crippen molar-refractivity contribution in [2.45, 2.75) is 320 Å². The lowest BCUT2D eigenvalue weighted by atomic mass is 9.78. The summed E-state index contributed by atoms with van der Waals surface area (Å²) in [6, 6.07) is 19.7. The van der Waals surface area contributed by atoms with Crippen molar-refractivity contribution < 1.29 is 85.6 Å². The van der Waals surface area contributed by atoms with Crippen molar-refractivity contribution in [3.63, 3.8) is 0 Å². The lowest BCUT2D eigenvalue weighted by molar-refractivity contribution is -0.138. The summed E-state index contributed by atoms with van der Waals surface area (Å²) in [7, 11) is 0. The molecule has 0 spiro atoms. The minimum Gasteiger partial charge on any atom is -0.507 e. The molecule has 0 radical (unpaired) electrons. The SMILES string of the molecule is CC(C)(C)c1cc(CCC(=O)O)cc(C(C)(C)C)c1O.CC(C)(C)c1cc(CCC(=O)O)cc(C(C)(C)C)c1O.CC(C)(C)c1cc(CCC(=O)O)cc(C(C)(C)C)c1O.CC(C)(C)c1cc(CCC(=O)O)cc(C(C)(C)C)c1O.Cc1cc(C(C)(C)C)c(O)c(C(C)(C)C)c1.OCC(CO)(CO)CO. The molecule has 0 unspecified atom stereocenters. The van der Waals surface area contributed by atoms with E-state index in [-0.39, 0.29) is 79.8 Å². The van der Waals surface area contributed by atoms with Gasteiger partial charge in [-0.2, -0.15) is 0 Å². The van der Waals surface area contributed by atoms with Gasteiger partial charge >= 0.3 is 23.9 Å². The highest BCUT2D eigenvalue weighted by Crippen LogP contribution is 2.45. The van der Waals surface area contributed by atoms with E-state index in [1.54, 1.807) is 0 Å². The van der Waals surface area contributed by atoms with E-state index in [4.69, 9.17) is 40.9 Å². The summed E-state index contributed by atoms with van der Waals surface area (Å²) in [5.74, 6) is -1.38. The van der Waals surface area contributed by atoms with E-state index in [0.717, 1.165) is 77.9 Å². The minimum atomic E-state index is -1.11. The molecule has 0 bridgehead atoms. The maximum absolute atomic E-state index is 10.8. The van der Waals surface area contributed by atoms with Crippen LogP contribution in [0.15, 0.2) is 60.7 Å². The van der Waals surface area contributed by atoms with Crippen molar-refractivity contribution >= 4 is 23.9 Å². The highest BCUT2D eigenvalue weighted by Gasteiger charge is 2.33. The first-order valence-corrected chi connectivity index (χ1v) is 36.6. The average molecular weight is 1470 g/mol. The average Bonchev–Trinajstić information content (AvgIpc) is 0.810. The Hall–Kier alpha value is -7.18. The maximum atomic E-state index is 10.8. The van der Waals surface area contributed by atoms with E-state index in [9.17, 15) is 44.7 Å². The zero-order valence-corrected chi connectivity index (χ0v) is 70.2. The van der Waals surface area contributed by atoms with E-state index >= 15 is 0 Å². The fourth-order valence-corrected chi connectivity index (χ4v) is 11.2. The number of aryl methyl sites for hydroxylation is 5. The zero-order valence-electron chi connectivity index (χ0n) is 70.2. The number of aliphatic hydroxyl groups is 4. The number of benzene rings is 5. The Bertz CT molecular complexity index is 3090. The Balaban J connectivity index is 0.00000125. The van der Waals surface area contributed by atoms with Crippen LogP contribution in [0.1, 0.15) is 317 Å². The van der Waals surface area contributed by atoms with Gasteiger partial charge in [0.05, 0.1) is 31.8 Å². The molecule has 0 saturated heterocycles. The van der Waals surface area contributed by atoms with Gasteiger partial charge < -0.3 is 66.4 Å². The summed E-state index contributed by atoms with van der Waals surface area (Å²) in [4.78, 5) is 43.0. The van der Waals surface area contributed by atoms with Gasteiger partial charge in [0.25, 0.3) is 0 Å². The van der Waals surface area contributed by atoms with Gasteiger partial charge in [-0.3, -0.25) is 19.2 Å². The molecule has 17 nitrogen and oxygen atoms in total. The number of aromatic hydroxyl groups is 5. The minimum absolute atomic E-state index is 0.0178. The number of phenolic OH excluding ortho intramolecular Hbond substituents is 5. The van der Waals surface area contributed by atoms with Crippen LogP contribution in [-0.2, 0) is 99.0 Å². The molecule has 5 aromatic rings. The number of carboxylic acid groups (broad SMARTS) is 4. The van der Waals surface area contributed by atoms with Crippen molar-refractivity contribution in [2.75, 3.05) is 26.4 Å². The predicted molar refractivity (Wildman–Crippen MR) is 427 cm³/mol. The summed E-state index contributed by atoms with van der Waals surface area (Å²) in [6.45, 7) is 62.5. The molecule has 0 aliphatic rings. The van der Waals surface area contributed by atoms with Gasteiger partial charge in [0.1, 0.15) is 28.7 Å². The van der Waals surface area contributed by atoms with Crippen LogP contribution in [0.5, 0.6) is 28.7 Å². The highest BCUT2D eigenvalue weighted by atomic mass is 16.4. The predicted octanol–water partition coefficient (Wildman–Crippen LogP) is 18.3. The van der Waals surface area contributed by atoms with Gasteiger partial charge in [-0.05, 0) is 165 Å². The second-order valence-corrected chi connectivity index (χ2v) is 38.6. The molecule has 0 amide bonds. The van der Waals surface area contributed by atoms with E-state index in [0.29, 0.717) is 54.4 Å². The van der Waals surface area contributed by atoms with E-state index in [2.05, 4.69) is 227 Å². The summed E-state index contributed by atoms with van der Waals surface area (Å²) in [6.07, 6.45) is 2.39. The van der Waals surface area contributed by atoms with Gasteiger partial charge in [0, 0.05) is 25.7 Å². The molecular weight excluding hydrogens is 1330 g/mol. The molecule has 105 heavy (non-hydrogen) atoms. The van der Waals surface area contributed by atoms with Crippen LogP contribution in [0.3, 0.4) is 0 Å². The van der Waals surface area contributed by atoms with Crippen LogP contribution in [0, 0.1) is 12.3 Å². The molecule has 5 aromatic carbocycles. The molecule has 0 atom stereocenters. The summed E-state index contributed by atoms with van der Waals surface area (Å²) in [5, 5.41) is 122. The lowest BCUT2D eigenvalue weighted by Crippen LogP contribution is -2.37. The van der Waals surface area contributed by atoms with Crippen molar-refractivity contribution in [1.82, 2.24) is 0 Å². The number of phenols is 5. The molecule has 0 heterocycles. The largest absolute Gasteiger partial charge is 0.507 e. The molecular formula is C88H140O17. The third kappa shape index (κ3) is 32.0. The highest BCUT2D eigenvalue weighted by molar-refractivity contribution is 5.69. The maximum Gasteiger partial charge on any atom is 0.303 e. The fourth-order valence-electron chi connectivity index (χ4n) is 11.2. The topological polar surface area (TPSA) is 331 Å². The molecule has 594 valence electrons. The number of rotatable bonds is 16. The van der Waals surface area contributed by atoms with Crippen molar-refractivity contribution in [3.8, 4) is 28.7 Å². The first kappa shape index (κ1) is 97.8. The van der Waals surface area contributed by atoms with Gasteiger partial charge in [-0.25, -0.2) is 0 Å². The molecule has 0 aliphatic carbocycles. The van der Waals surface area contributed by atoms with E-state index in [1.165, 1.54) is 5.56 Å². The number of hydrogen-bond acceptors (Lipinski definition) is 13. The quantitative estimate of drug-likeness (QED) is 0.0436. The number of aliphatic hydroxyl groups excluding tert-OH is 4. The zero-order chi connectivity index (χ0) is 82.9. The Morgan fingerprint density at radius 3 is 0.438 bits per heavy atom. The van der Waals surface area contributed by atoms with Gasteiger partial charge in [0.2, 0.25) is 0 Å². The summed E-state index contributed by atoms with van der Waals surface area (Å²) in [5.41, 5.74) is 11.7. The third-order valence-electron chi connectivity index (χ3n) is 17.9. The Morgan fingerprint density at radius 1 is 0.238 bits per heavy atom. The molecule has 0 saturated carbocycles. The molecule has 13 N–H and O–H groups in total. The lowest BCUT2D eigenvalue weighted by Gasteiger charge is -2.28. The first-order valence-electron chi connectivity index (χ1n) is 36.6. The van der Waals surface area contributed by atoms with Gasteiger partial charge in [0.15, 0.2) is 0 Å². The van der Waals surface area contributed by atoms with Gasteiger partial charge in [-0.1, -0.05) is 274 Å². The Morgan fingerprint density at radius 2 is 0.352 bits per heavy atom. The molecule has 0 fully saturated rings. The Labute approximate surface area is 631 Å². The summed E-state index contributed by atoms with van der Waals surface area (Å²) < 4.78 is 0. The molecule has 0 aliphatic heterocycles. The van der Waals surface area contributed by atoms with Crippen molar-refractivity contribution in [1.29, 1.82) is 0 Å². The van der Waals surface area contributed by atoms with E-state index < -0.39 is 55.7 Å². The van der Waals surface area contributed by atoms with Crippen LogP contribution < -0.4 is 0 Å². The van der Waals surface area contributed by atoms with Crippen LogP contribution in [-0.4, -0.2) is 117 Å². The second-order valence-electron chi connectivity index (χ2n) is 38.6. The van der Waals surface area contributed by atoms with Crippen LogP contribution in [0.25, 0.3) is 0 Å². The smallest absolute Gasteiger partial charge is 0.303 e. The second kappa shape index (κ2) is 38.1. The monoisotopic (exact) mass is 1470 g/mol. The van der Waals surface area contributed by atoms with Crippen molar-refractivity contribution in [3.05, 3.63) is 144 Å². The van der Waals surface area contributed by atoms with Gasteiger partial charge in [-0.15, -0.1) is 0 Å². The third-order valence-corrected chi connectivity index (χ3v) is 17.9. The number of carboxylic acids is 4. The molecule has 5 rings (SSSR count).